The number of morpholine rings is 1. The number of ether oxygens (including phenoxy) is 1. The summed E-state index contributed by atoms with van der Waals surface area (Å²) in [6.45, 7) is 8.09. The molecule has 1 aliphatic rings. The van der Waals surface area contributed by atoms with Gasteiger partial charge >= 0.3 is 0 Å². The van der Waals surface area contributed by atoms with Crippen molar-refractivity contribution in [2.75, 3.05) is 46.4 Å². The molecule has 1 heterocycles. The van der Waals surface area contributed by atoms with Crippen molar-refractivity contribution in [2.24, 2.45) is 0 Å². The molecule has 1 saturated heterocycles. The van der Waals surface area contributed by atoms with Crippen molar-refractivity contribution >= 4 is 11.5 Å². The Balaban J connectivity index is 1.91. The van der Waals surface area contributed by atoms with Crippen LogP contribution >= 0.6 is 0 Å². The lowest BCUT2D eigenvalue weighted by Gasteiger charge is -2.29. The van der Waals surface area contributed by atoms with Crippen molar-refractivity contribution < 1.29 is 14.6 Å². The zero-order valence-electron chi connectivity index (χ0n) is 15.6. The number of aliphatic hydroxyl groups excluding tert-OH is 1. The van der Waals surface area contributed by atoms with E-state index in [0.717, 1.165) is 30.6 Å². The van der Waals surface area contributed by atoms with Gasteiger partial charge in [-0.3, -0.25) is 9.69 Å². The number of hydrogen-bond donors (Lipinski definition) is 1. The molecule has 25 heavy (non-hydrogen) atoms. The summed E-state index contributed by atoms with van der Waals surface area (Å²) >= 11 is 0. The SMILES string of the molecule is CCC(=CC(=O)N(C)CC(O)CN1CCOCC1)c1ccc(C)cc1. The van der Waals surface area contributed by atoms with Crippen LogP contribution in [-0.4, -0.2) is 73.4 Å². The number of amides is 1. The highest BCUT2D eigenvalue weighted by atomic mass is 16.5. The molecule has 0 radical (unpaired) electrons. The Kier molecular flexibility index (Phi) is 7.62. The lowest BCUT2D eigenvalue weighted by molar-refractivity contribution is -0.126. The first-order chi connectivity index (χ1) is 12.0. The van der Waals surface area contributed by atoms with E-state index in [0.29, 0.717) is 26.3 Å². The topological polar surface area (TPSA) is 53.0 Å². The van der Waals surface area contributed by atoms with E-state index in [4.69, 9.17) is 4.74 Å². The smallest absolute Gasteiger partial charge is 0.246 e. The quantitative estimate of drug-likeness (QED) is 0.767. The molecule has 0 aromatic heterocycles. The Labute approximate surface area is 150 Å². The fraction of sp³-hybridized carbons (Fsp3) is 0.550. The second-order valence-corrected chi connectivity index (χ2v) is 6.67. The first-order valence-corrected chi connectivity index (χ1v) is 9.00. The zero-order chi connectivity index (χ0) is 18.2. The summed E-state index contributed by atoms with van der Waals surface area (Å²) in [7, 11) is 1.74. The van der Waals surface area contributed by atoms with E-state index >= 15 is 0 Å². The van der Waals surface area contributed by atoms with Gasteiger partial charge in [-0.05, 0) is 24.5 Å². The molecule has 1 aromatic rings. The van der Waals surface area contributed by atoms with Crippen LogP contribution in [0.2, 0.25) is 0 Å². The van der Waals surface area contributed by atoms with Crippen molar-refractivity contribution in [2.45, 2.75) is 26.4 Å². The van der Waals surface area contributed by atoms with E-state index < -0.39 is 6.10 Å². The Hall–Kier alpha value is -1.69. The van der Waals surface area contributed by atoms with E-state index in [2.05, 4.69) is 17.0 Å². The van der Waals surface area contributed by atoms with E-state index in [1.54, 1.807) is 18.0 Å². The zero-order valence-corrected chi connectivity index (χ0v) is 15.6. The van der Waals surface area contributed by atoms with Crippen molar-refractivity contribution in [1.29, 1.82) is 0 Å². The third-order valence-electron chi connectivity index (χ3n) is 4.53. The van der Waals surface area contributed by atoms with Gasteiger partial charge in [0.05, 0.1) is 19.3 Å². The van der Waals surface area contributed by atoms with Crippen molar-refractivity contribution in [3.05, 3.63) is 41.5 Å². The molecule has 1 aliphatic heterocycles. The van der Waals surface area contributed by atoms with Crippen LogP contribution in [0, 0.1) is 6.92 Å². The van der Waals surface area contributed by atoms with Gasteiger partial charge in [-0.15, -0.1) is 0 Å². The fourth-order valence-electron chi connectivity index (χ4n) is 2.96. The summed E-state index contributed by atoms with van der Waals surface area (Å²) in [6.07, 6.45) is 1.93. The maximum atomic E-state index is 12.5. The van der Waals surface area contributed by atoms with E-state index in [1.807, 2.05) is 26.0 Å². The van der Waals surface area contributed by atoms with E-state index in [9.17, 15) is 9.90 Å². The number of likely N-dealkylation sites (N-methyl/N-ethyl adjacent to an activating group) is 1. The molecule has 0 bridgehead atoms. The highest BCUT2D eigenvalue weighted by Crippen LogP contribution is 2.18. The second kappa shape index (κ2) is 9.70. The molecule has 138 valence electrons. The number of benzene rings is 1. The molecule has 1 unspecified atom stereocenters. The molecule has 1 atom stereocenters. The minimum absolute atomic E-state index is 0.0709. The Morgan fingerprint density at radius 1 is 1.32 bits per heavy atom. The first kappa shape index (κ1) is 19.6. The third-order valence-corrected chi connectivity index (χ3v) is 4.53. The number of allylic oxidation sites excluding steroid dienone is 1. The maximum Gasteiger partial charge on any atom is 0.246 e. The molecule has 5 heteroatoms. The molecule has 0 saturated carbocycles. The Morgan fingerprint density at radius 2 is 1.96 bits per heavy atom. The molecule has 5 nitrogen and oxygen atoms in total. The van der Waals surface area contributed by atoms with Crippen LogP contribution in [-0.2, 0) is 9.53 Å². The van der Waals surface area contributed by atoms with Crippen LogP contribution in [0.1, 0.15) is 24.5 Å². The highest BCUT2D eigenvalue weighted by Gasteiger charge is 2.18. The van der Waals surface area contributed by atoms with Gasteiger partial charge in [-0.1, -0.05) is 36.8 Å². The number of carbonyl (C=O) groups is 1. The number of aliphatic hydroxyl groups is 1. The van der Waals surface area contributed by atoms with Gasteiger partial charge in [0.25, 0.3) is 0 Å². The lowest BCUT2D eigenvalue weighted by atomic mass is 10.0. The van der Waals surface area contributed by atoms with Gasteiger partial charge in [0, 0.05) is 39.3 Å². The first-order valence-electron chi connectivity index (χ1n) is 9.00. The molecule has 0 aliphatic carbocycles. The summed E-state index contributed by atoms with van der Waals surface area (Å²) in [5.41, 5.74) is 3.29. The van der Waals surface area contributed by atoms with Crippen LogP contribution in [0.15, 0.2) is 30.3 Å². The van der Waals surface area contributed by atoms with Gasteiger partial charge in [0.1, 0.15) is 0 Å². The van der Waals surface area contributed by atoms with Crippen LogP contribution < -0.4 is 0 Å². The van der Waals surface area contributed by atoms with Gasteiger partial charge in [-0.25, -0.2) is 0 Å². The predicted molar refractivity (Wildman–Crippen MR) is 100 cm³/mol. The number of rotatable bonds is 7. The Bertz CT molecular complexity index is 577. The largest absolute Gasteiger partial charge is 0.390 e. The summed E-state index contributed by atoms with van der Waals surface area (Å²) in [5.74, 6) is -0.0709. The third kappa shape index (κ3) is 6.27. The van der Waals surface area contributed by atoms with Gasteiger partial charge in [0.15, 0.2) is 0 Å². The highest BCUT2D eigenvalue weighted by molar-refractivity contribution is 5.95. The van der Waals surface area contributed by atoms with Gasteiger partial charge in [-0.2, -0.15) is 0 Å². The van der Waals surface area contributed by atoms with Gasteiger partial charge < -0.3 is 14.7 Å². The summed E-state index contributed by atoms with van der Waals surface area (Å²) in [5, 5.41) is 10.3. The van der Waals surface area contributed by atoms with Gasteiger partial charge in [0.2, 0.25) is 5.91 Å². The molecule has 1 fully saturated rings. The molecule has 0 spiro atoms. The van der Waals surface area contributed by atoms with Crippen LogP contribution in [0.5, 0.6) is 0 Å². The van der Waals surface area contributed by atoms with Crippen LogP contribution in [0.25, 0.3) is 5.57 Å². The number of β-amino-alcohol motifs (C(OH)–C–C–N with tert-alkyl or cyclic N) is 1. The fourth-order valence-corrected chi connectivity index (χ4v) is 2.96. The average Bonchev–Trinajstić information content (AvgIpc) is 2.61. The molecule has 2 rings (SSSR count). The van der Waals surface area contributed by atoms with Crippen LogP contribution in [0.4, 0.5) is 0 Å². The van der Waals surface area contributed by atoms with Crippen molar-refractivity contribution in [3.63, 3.8) is 0 Å². The second-order valence-electron chi connectivity index (χ2n) is 6.67. The van der Waals surface area contributed by atoms with Crippen molar-refractivity contribution in [3.8, 4) is 0 Å². The lowest BCUT2D eigenvalue weighted by Crippen LogP contribution is -2.44. The number of aryl methyl sites for hydroxylation is 1. The number of carbonyl (C=O) groups excluding carboxylic acids is 1. The minimum atomic E-state index is -0.551. The standard InChI is InChI=1S/C20H30N2O3/c1-4-17(18-7-5-16(2)6-8-18)13-20(24)21(3)14-19(23)15-22-9-11-25-12-10-22/h5-8,13,19,23H,4,9-12,14-15H2,1-3H3. The average molecular weight is 346 g/mol. The predicted octanol–water partition coefficient (Wildman–Crippen LogP) is 1.94. The minimum Gasteiger partial charge on any atom is -0.390 e. The summed E-state index contributed by atoms with van der Waals surface area (Å²) in [4.78, 5) is 16.3. The molecule has 1 aromatic carbocycles. The summed E-state index contributed by atoms with van der Waals surface area (Å²) < 4.78 is 5.31. The van der Waals surface area contributed by atoms with Crippen LogP contribution in [0.3, 0.4) is 0 Å². The molecular weight excluding hydrogens is 316 g/mol. The Morgan fingerprint density at radius 3 is 2.56 bits per heavy atom. The number of hydrogen-bond acceptors (Lipinski definition) is 4. The summed E-state index contributed by atoms with van der Waals surface area (Å²) in [6, 6.07) is 8.20. The molecular formula is C20H30N2O3. The van der Waals surface area contributed by atoms with Crippen molar-refractivity contribution in [1.82, 2.24) is 9.80 Å². The molecule has 1 N–H and O–H groups in total. The van der Waals surface area contributed by atoms with E-state index in [1.165, 1.54) is 5.56 Å². The molecule has 1 amide bonds. The maximum absolute atomic E-state index is 12.5. The van der Waals surface area contributed by atoms with E-state index in [-0.39, 0.29) is 5.91 Å². The monoisotopic (exact) mass is 346 g/mol. The normalized spacial score (nSPS) is 17.4. The number of nitrogens with zero attached hydrogens (tertiary/aromatic N) is 2.